The predicted molar refractivity (Wildman–Crippen MR) is 85.6 cm³/mol. The van der Waals surface area contributed by atoms with Crippen LogP contribution in [0.15, 0.2) is 36.4 Å². The third kappa shape index (κ3) is 3.10. The van der Waals surface area contributed by atoms with Gasteiger partial charge in [-0.05, 0) is 40.9 Å². The highest BCUT2D eigenvalue weighted by Crippen LogP contribution is 2.39. The van der Waals surface area contributed by atoms with Gasteiger partial charge in [-0.3, -0.25) is 29.8 Å². The number of hydrogen-bond donors (Lipinski definition) is 0. The molecule has 2 aromatic carbocycles. The van der Waals surface area contributed by atoms with Gasteiger partial charge < -0.3 is 0 Å². The van der Waals surface area contributed by atoms with Gasteiger partial charge in [0.05, 0.1) is 9.85 Å². The number of nitro groups is 2. The molecule has 0 aliphatic rings. The van der Waals surface area contributed by atoms with Crippen LogP contribution in [0.4, 0.5) is 11.4 Å². The van der Waals surface area contributed by atoms with Crippen molar-refractivity contribution >= 4 is 45.1 Å². The van der Waals surface area contributed by atoms with E-state index >= 15 is 0 Å². The van der Waals surface area contributed by atoms with E-state index in [1.165, 1.54) is 24.3 Å². The summed E-state index contributed by atoms with van der Waals surface area (Å²) in [4.78, 5) is 43.4. The van der Waals surface area contributed by atoms with Crippen LogP contribution in [0.2, 0.25) is 0 Å². The number of hydrogen-bond acceptors (Lipinski definition) is 6. The molecule has 0 saturated heterocycles. The van der Waals surface area contributed by atoms with E-state index in [-0.39, 0.29) is 16.7 Å². The standard InChI is InChI=1S/C14H6Cl2N2O6/c15-13(19)9-4-2-1-3-7(9)8-5-6-10(17(21)22)12(18(23)24)11(8)14(16)20/h1-6H. The minimum Gasteiger partial charge on any atom is -0.276 e. The fraction of sp³-hybridized carbons (Fsp3) is 0. The quantitative estimate of drug-likeness (QED) is 0.447. The van der Waals surface area contributed by atoms with Gasteiger partial charge in [0.1, 0.15) is 5.56 Å². The van der Waals surface area contributed by atoms with Crippen molar-refractivity contribution in [3.8, 4) is 11.1 Å². The normalized spacial score (nSPS) is 10.2. The molecule has 0 aromatic heterocycles. The Morgan fingerprint density at radius 1 is 0.833 bits per heavy atom. The first-order valence-corrected chi connectivity index (χ1v) is 6.96. The molecule has 2 aromatic rings. The minimum atomic E-state index is -1.27. The summed E-state index contributed by atoms with van der Waals surface area (Å²) in [6.07, 6.45) is 0. The van der Waals surface area contributed by atoms with Gasteiger partial charge in [0.15, 0.2) is 0 Å². The summed E-state index contributed by atoms with van der Waals surface area (Å²) in [5.74, 6) is 0. The fourth-order valence-corrected chi connectivity index (χ4v) is 2.58. The predicted octanol–water partition coefficient (Wildman–Crippen LogP) is 3.93. The van der Waals surface area contributed by atoms with Crippen LogP contribution >= 0.6 is 23.2 Å². The topological polar surface area (TPSA) is 120 Å². The fourth-order valence-electron chi connectivity index (χ4n) is 2.23. The molecule has 0 heterocycles. The van der Waals surface area contributed by atoms with Crippen molar-refractivity contribution in [3.05, 3.63) is 67.8 Å². The Kier molecular flexibility index (Phi) is 4.91. The van der Waals surface area contributed by atoms with Crippen LogP contribution in [0, 0.1) is 20.2 Å². The van der Waals surface area contributed by atoms with Crippen molar-refractivity contribution in [2.45, 2.75) is 0 Å². The molecular weight excluding hydrogens is 363 g/mol. The van der Waals surface area contributed by atoms with Gasteiger partial charge in [0, 0.05) is 17.2 Å². The van der Waals surface area contributed by atoms with Crippen molar-refractivity contribution in [2.75, 3.05) is 0 Å². The molecule has 0 bridgehead atoms. The molecule has 0 spiro atoms. The highest BCUT2D eigenvalue weighted by Gasteiger charge is 2.34. The summed E-state index contributed by atoms with van der Waals surface area (Å²) in [5.41, 5.74) is -2.64. The lowest BCUT2D eigenvalue weighted by molar-refractivity contribution is -0.422. The van der Waals surface area contributed by atoms with Gasteiger partial charge in [0.25, 0.3) is 10.5 Å². The Labute approximate surface area is 143 Å². The van der Waals surface area contributed by atoms with Gasteiger partial charge >= 0.3 is 11.4 Å². The number of nitrogens with zero attached hydrogens (tertiary/aromatic N) is 2. The van der Waals surface area contributed by atoms with Gasteiger partial charge in [-0.1, -0.05) is 18.2 Å². The maximum atomic E-state index is 11.7. The molecule has 0 aliphatic carbocycles. The molecule has 0 aliphatic heterocycles. The zero-order chi connectivity index (χ0) is 18.0. The smallest absolute Gasteiger partial charge is 0.276 e. The highest BCUT2D eigenvalue weighted by atomic mass is 35.5. The van der Waals surface area contributed by atoms with E-state index in [4.69, 9.17) is 23.2 Å². The van der Waals surface area contributed by atoms with E-state index in [1.54, 1.807) is 0 Å². The Balaban J connectivity index is 2.94. The molecule has 10 heteroatoms. The molecule has 0 N–H and O–H groups in total. The lowest BCUT2D eigenvalue weighted by Crippen LogP contribution is -2.06. The van der Waals surface area contributed by atoms with E-state index in [1.807, 2.05) is 0 Å². The number of rotatable bonds is 5. The van der Waals surface area contributed by atoms with E-state index in [2.05, 4.69) is 0 Å². The van der Waals surface area contributed by atoms with E-state index in [0.29, 0.717) is 0 Å². The Bertz CT molecular complexity index is 897. The molecular formula is C14H6Cl2N2O6. The van der Waals surface area contributed by atoms with Crippen molar-refractivity contribution in [1.82, 2.24) is 0 Å². The summed E-state index contributed by atoms with van der Waals surface area (Å²) in [6.45, 7) is 0. The zero-order valence-electron chi connectivity index (χ0n) is 11.6. The van der Waals surface area contributed by atoms with Crippen LogP contribution in [0.1, 0.15) is 20.7 Å². The SMILES string of the molecule is O=C(Cl)c1ccccc1-c1ccc([N+](=O)[O-])c([N+](=O)[O-])c1C(=O)Cl. The Morgan fingerprint density at radius 2 is 1.46 bits per heavy atom. The van der Waals surface area contributed by atoms with Crippen LogP contribution in [-0.4, -0.2) is 20.3 Å². The summed E-state index contributed by atoms with van der Waals surface area (Å²) in [7, 11) is 0. The summed E-state index contributed by atoms with van der Waals surface area (Å²) < 4.78 is 0. The third-order valence-corrected chi connectivity index (χ3v) is 3.55. The molecule has 8 nitrogen and oxygen atoms in total. The lowest BCUT2D eigenvalue weighted by Gasteiger charge is -2.10. The molecule has 0 fully saturated rings. The monoisotopic (exact) mass is 368 g/mol. The van der Waals surface area contributed by atoms with Crippen LogP contribution in [-0.2, 0) is 0 Å². The molecule has 122 valence electrons. The van der Waals surface area contributed by atoms with Crippen LogP contribution in [0.5, 0.6) is 0 Å². The Morgan fingerprint density at radius 3 is 1.96 bits per heavy atom. The maximum Gasteiger partial charge on any atom is 0.358 e. The molecule has 0 radical (unpaired) electrons. The van der Waals surface area contributed by atoms with Crippen LogP contribution in [0.3, 0.4) is 0 Å². The lowest BCUT2D eigenvalue weighted by atomic mass is 9.94. The second-order valence-electron chi connectivity index (χ2n) is 4.46. The molecule has 2 rings (SSSR count). The first kappa shape index (κ1) is 17.5. The second kappa shape index (κ2) is 6.73. The molecule has 0 unspecified atom stereocenters. The summed E-state index contributed by atoms with van der Waals surface area (Å²) >= 11 is 10.9. The first-order valence-electron chi connectivity index (χ1n) is 6.20. The summed E-state index contributed by atoms with van der Waals surface area (Å²) in [5, 5.41) is 20.1. The minimum absolute atomic E-state index is 0.0264. The number of carbonyl (C=O) groups is 2. The highest BCUT2D eigenvalue weighted by molar-refractivity contribution is 6.69. The van der Waals surface area contributed by atoms with Crippen molar-refractivity contribution in [1.29, 1.82) is 0 Å². The Hall–Kier alpha value is -2.84. The largest absolute Gasteiger partial charge is 0.358 e. The zero-order valence-corrected chi connectivity index (χ0v) is 13.1. The molecule has 24 heavy (non-hydrogen) atoms. The van der Waals surface area contributed by atoms with E-state index < -0.39 is 37.3 Å². The average molecular weight is 369 g/mol. The van der Waals surface area contributed by atoms with E-state index in [9.17, 15) is 29.8 Å². The number of carbonyl (C=O) groups excluding carboxylic acids is 2. The van der Waals surface area contributed by atoms with Gasteiger partial charge in [-0.25, -0.2) is 0 Å². The third-order valence-electron chi connectivity index (χ3n) is 3.16. The molecule has 0 saturated carbocycles. The number of nitro benzene ring substituents is 2. The summed E-state index contributed by atoms with van der Waals surface area (Å²) in [6, 6.07) is 7.73. The average Bonchev–Trinajstić information content (AvgIpc) is 2.52. The van der Waals surface area contributed by atoms with Gasteiger partial charge in [-0.15, -0.1) is 0 Å². The van der Waals surface area contributed by atoms with Crippen molar-refractivity contribution in [2.24, 2.45) is 0 Å². The number of benzene rings is 2. The van der Waals surface area contributed by atoms with Crippen molar-refractivity contribution in [3.63, 3.8) is 0 Å². The molecule has 0 amide bonds. The van der Waals surface area contributed by atoms with Crippen LogP contribution < -0.4 is 0 Å². The maximum absolute atomic E-state index is 11.7. The second-order valence-corrected chi connectivity index (χ2v) is 5.15. The molecule has 0 atom stereocenters. The van der Waals surface area contributed by atoms with Gasteiger partial charge in [0.2, 0.25) is 0 Å². The van der Waals surface area contributed by atoms with E-state index in [0.717, 1.165) is 12.1 Å². The van der Waals surface area contributed by atoms with Gasteiger partial charge in [-0.2, -0.15) is 0 Å². The number of halogens is 2. The first-order chi connectivity index (χ1) is 11.3. The van der Waals surface area contributed by atoms with Crippen molar-refractivity contribution < 1.29 is 19.4 Å². The van der Waals surface area contributed by atoms with Crippen LogP contribution in [0.25, 0.3) is 11.1 Å².